The topological polar surface area (TPSA) is 39.7 Å². The molecule has 0 N–H and O–H groups in total. The third-order valence-electron chi connectivity index (χ3n) is 4.54. The second-order valence-corrected chi connectivity index (χ2v) is 6.37. The van der Waals surface area contributed by atoms with Crippen LogP contribution in [0, 0.1) is 6.92 Å². The molecule has 0 unspecified atom stereocenters. The van der Waals surface area contributed by atoms with E-state index in [-0.39, 0.29) is 6.03 Å². The molecular weight excluding hydrogens is 288 g/mol. The number of rotatable bonds is 2. The third-order valence-corrected chi connectivity index (χ3v) is 4.54. The Morgan fingerprint density at radius 2 is 1.91 bits per heavy atom. The van der Waals surface area contributed by atoms with Crippen molar-refractivity contribution in [3.8, 4) is 0 Å². The number of urea groups is 1. The minimum atomic E-state index is 0.107. The van der Waals surface area contributed by atoms with Crippen molar-refractivity contribution in [2.24, 2.45) is 0 Å². The molecule has 2 amide bonds. The van der Waals surface area contributed by atoms with Crippen LogP contribution in [0.1, 0.15) is 11.1 Å². The molecule has 0 atom stereocenters. The van der Waals surface area contributed by atoms with E-state index < -0.39 is 0 Å². The summed E-state index contributed by atoms with van der Waals surface area (Å²) in [5.74, 6) is 0. The largest absolute Gasteiger partial charge is 0.331 e. The van der Waals surface area contributed by atoms with Gasteiger partial charge in [0.05, 0.1) is 5.52 Å². The monoisotopic (exact) mass is 312 g/mol. The van der Waals surface area contributed by atoms with Gasteiger partial charge in [0.1, 0.15) is 0 Å². The van der Waals surface area contributed by atoms with Gasteiger partial charge >= 0.3 is 6.03 Å². The predicted octanol–water partition coefficient (Wildman–Crippen LogP) is 2.34. The van der Waals surface area contributed by atoms with Crippen molar-refractivity contribution in [3.63, 3.8) is 0 Å². The van der Waals surface area contributed by atoms with Crippen molar-refractivity contribution in [3.05, 3.63) is 41.6 Å². The molecule has 1 saturated heterocycles. The van der Waals surface area contributed by atoms with Crippen LogP contribution < -0.4 is 0 Å². The van der Waals surface area contributed by atoms with Gasteiger partial charge in [-0.25, -0.2) is 4.79 Å². The highest BCUT2D eigenvalue weighted by atomic mass is 16.2. The second-order valence-electron chi connectivity index (χ2n) is 6.37. The quantitative estimate of drug-likeness (QED) is 0.854. The number of amides is 2. The van der Waals surface area contributed by atoms with E-state index in [0.717, 1.165) is 38.2 Å². The Morgan fingerprint density at radius 1 is 1.17 bits per heavy atom. The lowest BCUT2D eigenvalue weighted by atomic mass is 10.0. The van der Waals surface area contributed by atoms with Gasteiger partial charge in [-0.1, -0.05) is 12.1 Å². The molecule has 1 aliphatic rings. The molecule has 1 aromatic heterocycles. The van der Waals surface area contributed by atoms with Crippen molar-refractivity contribution >= 4 is 16.9 Å². The molecule has 0 bridgehead atoms. The Hall–Kier alpha value is -2.14. The Labute approximate surface area is 137 Å². The molecule has 1 fully saturated rings. The molecule has 0 aliphatic carbocycles. The lowest BCUT2D eigenvalue weighted by molar-refractivity contribution is 0.120. The number of benzene rings is 1. The molecule has 122 valence electrons. The van der Waals surface area contributed by atoms with Gasteiger partial charge in [0.25, 0.3) is 0 Å². The smallest absolute Gasteiger partial charge is 0.319 e. The van der Waals surface area contributed by atoms with E-state index in [0.29, 0.717) is 0 Å². The molecule has 5 nitrogen and oxygen atoms in total. The van der Waals surface area contributed by atoms with E-state index in [1.54, 1.807) is 19.0 Å². The maximum absolute atomic E-state index is 12.0. The van der Waals surface area contributed by atoms with Gasteiger partial charge in [-0.3, -0.25) is 9.88 Å². The van der Waals surface area contributed by atoms with Crippen molar-refractivity contribution in [2.75, 3.05) is 40.3 Å². The zero-order valence-corrected chi connectivity index (χ0v) is 14.1. The Kier molecular flexibility index (Phi) is 4.48. The minimum Gasteiger partial charge on any atom is -0.331 e. The molecule has 1 aliphatic heterocycles. The highest BCUT2D eigenvalue weighted by Crippen LogP contribution is 2.22. The first kappa shape index (κ1) is 15.7. The van der Waals surface area contributed by atoms with E-state index >= 15 is 0 Å². The summed E-state index contributed by atoms with van der Waals surface area (Å²) < 4.78 is 0. The molecular formula is C18H24N4O. The molecule has 23 heavy (non-hydrogen) atoms. The number of carbonyl (C=O) groups is 1. The fourth-order valence-electron chi connectivity index (χ4n) is 3.14. The Bertz CT molecular complexity index is 705. The average molecular weight is 312 g/mol. The zero-order chi connectivity index (χ0) is 16.4. The number of fused-ring (bicyclic) bond motifs is 1. The number of piperazine rings is 1. The minimum absolute atomic E-state index is 0.107. The number of aryl methyl sites for hydroxylation is 1. The Morgan fingerprint density at radius 3 is 2.61 bits per heavy atom. The summed E-state index contributed by atoms with van der Waals surface area (Å²) in [7, 11) is 3.61. The summed E-state index contributed by atoms with van der Waals surface area (Å²) in [6, 6.07) is 8.49. The number of nitrogens with zero attached hydrogens (tertiary/aromatic N) is 4. The molecule has 2 aromatic rings. The number of hydrogen-bond acceptors (Lipinski definition) is 3. The molecule has 3 rings (SSSR count). The van der Waals surface area contributed by atoms with Crippen LogP contribution in [-0.4, -0.2) is 66.0 Å². The molecule has 5 heteroatoms. The standard InChI is InChI=1S/C18H24N4O/c1-14-6-7-17-15(5-4-8-19-17)16(14)13-21-9-11-22(12-10-21)18(23)20(2)3/h4-8H,9-13H2,1-3H3. The first-order chi connectivity index (χ1) is 11.1. The molecule has 0 saturated carbocycles. The molecule has 2 heterocycles. The van der Waals surface area contributed by atoms with Gasteiger partial charge in [-0.2, -0.15) is 0 Å². The van der Waals surface area contributed by atoms with Crippen molar-refractivity contribution in [1.29, 1.82) is 0 Å². The van der Waals surface area contributed by atoms with Gasteiger partial charge in [0.2, 0.25) is 0 Å². The van der Waals surface area contributed by atoms with Crippen LogP contribution in [0.3, 0.4) is 0 Å². The number of aromatic nitrogens is 1. The van der Waals surface area contributed by atoms with Crippen LogP contribution in [0.25, 0.3) is 10.9 Å². The molecule has 0 spiro atoms. The highest BCUT2D eigenvalue weighted by molar-refractivity contribution is 5.83. The van der Waals surface area contributed by atoms with Gasteiger partial charge in [0, 0.05) is 58.4 Å². The second kappa shape index (κ2) is 6.54. The third kappa shape index (κ3) is 3.29. The summed E-state index contributed by atoms with van der Waals surface area (Å²) in [6.45, 7) is 6.48. The summed E-state index contributed by atoms with van der Waals surface area (Å²) >= 11 is 0. The lowest BCUT2D eigenvalue weighted by Gasteiger charge is -2.36. The SMILES string of the molecule is Cc1ccc2ncccc2c1CN1CCN(C(=O)N(C)C)CC1. The maximum Gasteiger partial charge on any atom is 0.319 e. The maximum atomic E-state index is 12.0. The molecule has 0 radical (unpaired) electrons. The van der Waals surface area contributed by atoms with E-state index in [1.165, 1.54) is 16.5 Å². The van der Waals surface area contributed by atoms with Gasteiger partial charge in [-0.05, 0) is 30.2 Å². The van der Waals surface area contributed by atoms with Crippen molar-refractivity contribution in [2.45, 2.75) is 13.5 Å². The van der Waals surface area contributed by atoms with Gasteiger partial charge < -0.3 is 9.80 Å². The zero-order valence-electron chi connectivity index (χ0n) is 14.1. The van der Waals surface area contributed by atoms with E-state index in [1.807, 2.05) is 17.2 Å². The van der Waals surface area contributed by atoms with Crippen LogP contribution in [0.5, 0.6) is 0 Å². The first-order valence-electron chi connectivity index (χ1n) is 8.08. The van der Waals surface area contributed by atoms with Gasteiger partial charge in [-0.15, -0.1) is 0 Å². The van der Waals surface area contributed by atoms with Crippen LogP contribution in [0.4, 0.5) is 4.79 Å². The van der Waals surface area contributed by atoms with E-state index in [9.17, 15) is 4.79 Å². The Balaban J connectivity index is 1.72. The van der Waals surface area contributed by atoms with Crippen LogP contribution in [0.15, 0.2) is 30.5 Å². The number of pyridine rings is 1. The number of carbonyl (C=O) groups excluding carboxylic acids is 1. The van der Waals surface area contributed by atoms with Crippen molar-refractivity contribution < 1.29 is 4.79 Å². The first-order valence-corrected chi connectivity index (χ1v) is 8.08. The van der Waals surface area contributed by atoms with Crippen molar-refractivity contribution in [1.82, 2.24) is 19.7 Å². The number of hydrogen-bond donors (Lipinski definition) is 0. The molecule has 1 aromatic carbocycles. The summed E-state index contributed by atoms with van der Waals surface area (Å²) in [4.78, 5) is 22.5. The summed E-state index contributed by atoms with van der Waals surface area (Å²) in [6.07, 6.45) is 1.84. The predicted molar refractivity (Wildman–Crippen MR) is 92.4 cm³/mol. The lowest BCUT2D eigenvalue weighted by Crippen LogP contribution is -2.51. The van der Waals surface area contributed by atoms with Gasteiger partial charge in [0.15, 0.2) is 0 Å². The van der Waals surface area contributed by atoms with Crippen LogP contribution >= 0.6 is 0 Å². The average Bonchev–Trinajstić information content (AvgIpc) is 2.57. The van der Waals surface area contributed by atoms with Crippen LogP contribution in [-0.2, 0) is 6.54 Å². The highest BCUT2D eigenvalue weighted by Gasteiger charge is 2.22. The fourth-order valence-corrected chi connectivity index (χ4v) is 3.14. The summed E-state index contributed by atoms with van der Waals surface area (Å²) in [5.41, 5.74) is 3.70. The fraction of sp³-hybridized carbons (Fsp3) is 0.444. The summed E-state index contributed by atoms with van der Waals surface area (Å²) in [5, 5.41) is 1.24. The normalized spacial score (nSPS) is 15.9. The van der Waals surface area contributed by atoms with Crippen LogP contribution in [0.2, 0.25) is 0 Å². The van der Waals surface area contributed by atoms with E-state index in [2.05, 4.69) is 35.0 Å². The van der Waals surface area contributed by atoms with E-state index in [4.69, 9.17) is 0 Å².